The maximum atomic E-state index is 11.8. The Hall–Kier alpha value is -1.67. The number of aromatic nitrogens is 2. The Labute approximate surface area is 95.6 Å². The Morgan fingerprint density at radius 2 is 2.06 bits per heavy atom. The van der Waals surface area contributed by atoms with Crippen LogP contribution in [0.5, 0.6) is 5.75 Å². The Balaban J connectivity index is 2.37. The first-order chi connectivity index (χ1) is 7.59. The zero-order valence-electron chi connectivity index (χ0n) is 7.86. The first kappa shape index (κ1) is 10.8. The largest absolute Gasteiger partial charge is 0.507 e. The van der Waals surface area contributed by atoms with Gasteiger partial charge in [-0.15, -0.1) is 10.2 Å². The van der Waals surface area contributed by atoms with Crippen LogP contribution in [-0.2, 0) is 10.0 Å². The molecule has 1 heterocycles. The van der Waals surface area contributed by atoms with E-state index in [4.69, 9.17) is 0 Å². The molecule has 0 aliphatic carbocycles. The molecule has 1 aromatic heterocycles. The van der Waals surface area contributed by atoms with Gasteiger partial charge in [0.2, 0.25) is 5.13 Å². The Morgan fingerprint density at radius 1 is 1.31 bits per heavy atom. The van der Waals surface area contributed by atoms with Crippen molar-refractivity contribution in [2.75, 3.05) is 4.72 Å². The number of aromatic hydroxyl groups is 1. The molecule has 0 spiro atoms. The average Bonchev–Trinajstić information content (AvgIpc) is 2.70. The number of anilines is 1. The summed E-state index contributed by atoms with van der Waals surface area (Å²) in [6, 6.07) is 5.67. The molecule has 8 heteroatoms. The number of nitrogens with zero attached hydrogens (tertiary/aromatic N) is 2. The number of nitrogens with one attached hydrogen (secondary N) is 1. The van der Waals surface area contributed by atoms with Crippen LogP contribution in [-0.4, -0.2) is 23.7 Å². The lowest BCUT2D eigenvalue weighted by atomic mass is 10.3. The second-order valence-corrected chi connectivity index (χ2v) is 5.30. The van der Waals surface area contributed by atoms with E-state index in [0.717, 1.165) is 11.3 Å². The number of sulfonamides is 1. The van der Waals surface area contributed by atoms with E-state index in [0.29, 0.717) is 0 Å². The van der Waals surface area contributed by atoms with Crippen LogP contribution in [0, 0.1) is 0 Å². The van der Waals surface area contributed by atoms with E-state index in [9.17, 15) is 13.5 Å². The van der Waals surface area contributed by atoms with E-state index in [1.165, 1.54) is 23.7 Å². The summed E-state index contributed by atoms with van der Waals surface area (Å²) in [5.41, 5.74) is 1.41. The van der Waals surface area contributed by atoms with Crippen LogP contribution < -0.4 is 4.72 Å². The molecule has 84 valence electrons. The molecule has 0 saturated carbocycles. The van der Waals surface area contributed by atoms with Crippen molar-refractivity contribution in [3.8, 4) is 5.75 Å². The van der Waals surface area contributed by atoms with Gasteiger partial charge < -0.3 is 5.11 Å². The second kappa shape index (κ2) is 4.06. The summed E-state index contributed by atoms with van der Waals surface area (Å²) in [6.07, 6.45) is 0. The quantitative estimate of drug-likeness (QED) is 0.857. The van der Waals surface area contributed by atoms with Crippen molar-refractivity contribution in [2.45, 2.75) is 4.90 Å². The minimum atomic E-state index is -3.81. The molecule has 6 nitrogen and oxygen atoms in total. The zero-order valence-corrected chi connectivity index (χ0v) is 9.49. The van der Waals surface area contributed by atoms with Gasteiger partial charge in [0, 0.05) is 0 Å². The number of phenolic OH excluding ortho intramolecular Hbond substituents is 1. The van der Waals surface area contributed by atoms with Crippen LogP contribution in [0.15, 0.2) is 34.7 Å². The summed E-state index contributed by atoms with van der Waals surface area (Å²) in [5.74, 6) is -0.306. The molecule has 1 aromatic carbocycles. The topological polar surface area (TPSA) is 92.2 Å². The highest BCUT2D eigenvalue weighted by Crippen LogP contribution is 2.24. The SMILES string of the molecule is O=S(=O)(Nc1nncs1)c1ccccc1O. The van der Waals surface area contributed by atoms with Gasteiger partial charge in [0.25, 0.3) is 10.0 Å². The fourth-order valence-corrected chi connectivity index (χ4v) is 2.86. The smallest absolute Gasteiger partial charge is 0.267 e. The first-order valence-corrected chi connectivity index (χ1v) is 6.53. The van der Waals surface area contributed by atoms with E-state index in [2.05, 4.69) is 14.9 Å². The summed E-state index contributed by atoms with van der Waals surface area (Å²) < 4.78 is 25.8. The van der Waals surface area contributed by atoms with Gasteiger partial charge in [0.15, 0.2) is 0 Å². The molecule has 0 radical (unpaired) electrons. The molecule has 0 saturated heterocycles. The van der Waals surface area contributed by atoms with Gasteiger partial charge >= 0.3 is 0 Å². The molecule has 0 amide bonds. The fraction of sp³-hybridized carbons (Fsp3) is 0. The van der Waals surface area contributed by atoms with Crippen molar-refractivity contribution in [1.29, 1.82) is 0 Å². The van der Waals surface area contributed by atoms with Gasteiger partial charge in [-0.1, -0.05) is 23.5 Å². The molecule has 2 rings (SSSR count). The normalized spacial score (nSPS) is 11.2. The van der Waals surface area contributed by atoms with Crippen molar-refractivity contribution in [3.05, 3.63) is 29.8 Å². The minimum Gasteiger partial charge on any atom is -0.507 e. The number of phenols is 1. The summed E-state index contributed by atoms with van der Waals surface area (Å²) >= 11 is 1.06. The van der Waals surface area contributed by atoms with E-state index in [-0.39, 0.29) is 15.8 Å². The van der Waals surface area contributed by atoms with Gasteiger partial charge in [0.05, 0.1) is 0 Å². The second-order valence-electron chi connectivity index (χ2n) is 2.82. The van der Waals surface area contributed by atoms with Crippen molar-refractivity contribution in [3.63, 3.8) is 0 Å². The monoisotopic (exact) mass is 257 g/mol. The fourth-order valence-electron chi connectivity index (χ4n) is 1.07. The van der Waals surface area contributed by atoms with E-state index >= 15 is 0 Å². The van der Waals surface area contributed by atoms with E-state index in [1.54, 1.807) is 6.07 Å². The molecule has 2 N–H and O–H groups in total. The predicted octanol–water partition coefficient (Wildman–Crippen LogP) is 1.04. The van der Waals surface area contributed by atoms with Crippen molar-refractivity contribution >= 4 is 26.5 Å². The molecule has 16 heavy (non-hydrogen) atoms. The zero-order chi connectivity index (χ0) is 11.6. The van der Waals surface area contributed by atoms with Gasteiger partial charge in [0.1, 0.15) is 16.2 Å². The number of hydrogen-bond donors (Lipinski definition) is 2. The summed E-state index contributed by atoms with van der Waals surface area (Å²) in [4.78, 5) is -0.190. The third-order valence-electron chi connectivity index (χ3n) is 1.74. The van der Waals surface area contributed by atoms with Gasteiger partial charge in [-0.25, -0.2) is 8.42 Å². The molecule has 2 aromatic rings. The maximum absolute atomic E-state index is 11.8. The van der Waals surface area contributed by atoms with Crippen LogP contribution in [0.4, 0.5) is 5.13 Å². The van der Waals surface area contributed by atoms with Crippen LogP contribution in [0.2, 0.25) is 0 Å². The van der Waals surface area contributed by atoms with Crippen LogP contribution in [0.1, 0.15) is 0 Å². The average molecular weight is 257 g/mol. The van der Waals surface area contributed by atoms with Crippen molar-refractivity contribution < 1.29 is 13.5 Å². The first-order valence-electron chi connectivity index (χ1n) is 4.16. The Morgan fingerprint density at radius 3 is 2.69 bits per heavy atom. The molecule has 0 aliphatic heterocycles. The summed E-state index contributed by atoms with van der Waals surface area (Å²) in [6.45, 7) is 0. The van der Waals surface area contributed by atoms with Crippen molar-refractivity contribution in [2.24, 2.45) is 0 Å². The van der Waals surface area contributed by atoms with Gasteiger partial charge in [-0.2, -0.15) is 0 Å². The lowest BCUT2D eigenvalue weighted by molar-refractivity contribution is 0.459. The molecule has 0 bridgehead atoms. The third kappa shape index (κ3) is 2.12. The molecule has 0 unspecified atom stereocenters. The third-order valence-corrected chi connectivity index (χ3v) is 3.86. The number of para-hydroxylation sites is 1. The number of benzene rings is 1. The van der Waals surface area contributed by atoms with Gasteiger partial charge in [-0.05, 0) is 12.1 Å². The highest BCUT2D eigenvalue weighted by Gasteiger charge is 2.19. The molecular formula is C8H7N3O3S2. The predicted molar refractivity (Wildman–Crippen MR) is 58.8 cm³/mol. The number of rotatable bonds is 3. The standard InChI is InChI=1S/C8H7N3O3S2/c12-6-3-1-2-4-7(6)16(13,14)11-8-10-9-5-15-8/h1-5,12H,(H,10,11). The highest BCUT2D eigenvalue weighted by atomic mass is 32.2. The van der Waals surface area contributed by atoms with Crippen LogP contribution >= 0.6 is 11.3 Å². The Kier molecular flexibility index (Phi) is 2.75. The molecule has 0 atom stereocenters. The van der Waals surface area contributed by atoms with Gasteiger partial charge in [-0.3, -0.25) is 4.72 Å². The Bertz CT molecular complexity index is 580. The highest BCUT2D eigenvalue weighted by molar-refractivity contribution is 7.93. The summed E-state index contributed by atoms with van der Waals surface area (Å²) in [5, 5.41) is 16.6. The van der Waals surface area contributed by atoms with E-state index < -0.39 is 10.0 Å². The lowest BCUT2D eigenvalue weighted by Gasteiger charge is -2.05. The molecular weight excluding hydrogens is 250 g/mol. The maximum Gasteiger partial charge on any atom is 0.267 e. The molecule has 0 fully saturated rings. The van der Waals surface area contributed by atoms with E-state index in [1.807, 2.05) is 0 Å². The minimum absolute atomic E-state index is 0.156. The van der Waals surface area contributed by atoms with Crippen LogP contribution in [0.25, 0.3) is 0 Å². The summed E-state index contributed by atoms with van der Waals surface area (Å²) in [7, 11) is -3.81. The van der Waals surface area contributed by atoms with Crippen LogP contribution in [0.3, 0.4) is 0 Å². The number of hydrogen-bond acceptors (Lipinski definition) is 6. The lowest BCUT2D eigenvalue weighted by Crippen LogP contribution is -2.12. The van der Waals surface area contributed by atoms with Crippen molar-refractivity contribution in [1.82, 2.24) is 10.2 Å². The molecule has 0 aliphatic rings.